The molecule has 0 saturated heterocycles. The summed E-state index contributed by atoms with van der Waals surface area (Å²) in [4.78, 5) is 35.9. The van der Waals surface area contributed by atoms with Crippen molar-refractivity contribution in [3.05, 3.63) is 77.7 Å². The fourth-order valence-electron chi connectivity index (χ4n) is 2.78. The van der Waals surface area contributed by atoms with Crippen LogP contribution < -0.4 is 14.8 Å². The summed E-state index contributed by atoms with van der Waals surface area (Å²) in [6.07, 6.45) is 0. The van der Waals surface area contributed by atoms with Crippen LogP contribution in [0.1, 0.15) is 26.7 Å². The van der Waals surface area contributed by atoms with E-state index in [2.05, 4.69) is 5.32 Å². The lowest BCUT2D eigenvalue weighted by Gasteiger charge is -2.18. The Labute approximate surface area is 171 Å². The Morgan fingerprint density at radius 3 is 2.70 bits per heavy atom. The molecular weight excluding hydrogens is 390 g/mol. The van der Waals surface area contributed by atoms with Crippen molar-refractivity contribution in [2.45, 2.75) is 6.61 Å². The lowest BCUT2D eigenvalue weighted by molar-refractivity contribution is -0.118. The molecule has 1 aliphatic heterocycles. The predicted octanol–water partition coefficient (Wildman–Crippen LogP) is 3.23. The second kappa shape index (κ2) is 8.52. The summed E-state index contributed by atoms with van der Waals surface area (Å²) in [5.41, 5.74) is 0.682. The number of ether oxygens (including phenoxy) is 3. The molecule has 4 rings (SSSR count). The molecule has 1 aromatic heterocycles. The van der Waals surface area contributed by atoms with E-state index in [0.29, 0.717) is 22.9 Å². The van der Waals surface area contributed by atoms with E-state index in [1.165, 1.54) is 12.1 Å². The number of anilines is 1. The minimum atomic E-state index is -0.760. The Hall–Kier alpha value is -4.07. The van der Waals surface area contributed by atoms with Crippen molar-refractivity contribution in [3.63, 3.8) is 0 Å². The smallest absolute Gasteiger partial charge is 0.374 e. The molecular formula is C22H17NO7. The highest BCUT2D eigenvalue weighted by Crippen LogP contribution is 2.28. The highest BCUT2D eigenvalue weighted by Gasteiger charge is 2.19. The highest BCUT2D eigenvalue weighted by atomic mass is 16.5. The van der Waals surface area contributed by atoms with Crippen molar-refractivity contribution in [2.75, 3.05) is 18.5 Å². The molecule has 0 saturated carbocycles. The number of rotatable bonds is 7. The molecule has 2 heterocycles. The van der Waals surface area contributed by atoms with E-state index in [0.717, 1.165) is 0 Å². The molecule has 8 heteroatoms. The molecule has 0 fully saturated rings. The first-order valence-corrected chi connectivity index (χ1v) is 9.12. The molecule has 0 atom stereocenters. The third-order valence-corrected chi connectivity index (χ3v) is 4.26. The second-order valence-electron chi connectivity index (χ2n) is 6.41. The Kier molecular flexibility index (Phi) is 5.47. The number of hydrogen-bond acceptors (Lipinski definition) is 7. The van der Waals surface area contributed by atoms with Gasteiger partial charge in [0.2, 0.25) is 5.76 Å². The quantitative estimate of drug-likeness (QED) is 0.474. The van der Waals surface area contributed by atoms with Crippen LogP contribution >= 0.6 is 0 Å². The standard InChI is InChI=1S/C22H17NO7/c24-18(14-6-8-19-17(10-14)23-21(25)13-28-19)12-29-22(26)20-9-7-16(30-20)11-27-15-4-2-1-3-5-15/h1-10H,11-13H2,(H,23,25). The Bertz CT molecular complexity index is 1090. The maximum atomic E-state index is 12.3. The number of Topliss-reactive ketones (excluding diaryl/α,β-unsaturated/α-hetero) is 1. The Morgan fingerprint density at radius 2 is 1.87 bits per heavy atom. The van der Waals surface area contributed by atoms with Crippen molar-refractivity contribution in [3.8, 4) is 11.5 Å². The molecule has 0 bridgehead atoms. The van der Waals surface area contributed by atoms with Crippen LogP contribution in [0.4, 0.5) is 5.69 Å². The molecule has 3 aromatic rings. The van der Waals surface area contributed by atoms with Gasteiger partial charge in [-0.3, -0.25) is 9.59 Å². The number of esters is 1. The van der Waals surface area contributed by atoms with Crippen molar-refractivity contribution < 1.29 is 33.0 Å². The van der Waals surface area contributed by atoms with Gasteiger partial charge in [0, 0.05) is 5.56 Å². The number of carbonyl (C=O) groups excluding carboxylic acids is 3. The zero-order valence-corrected chi connectivity index (χ0v) is 15.8. The average molecular weight is 407 g/mol. The molecule has 152 valence electrons. The van der Waals surface area contributed by atoms with E-state index in [1.807, 2.05) is 30.3 Å². The van der Waals surface area contributed by atoms with E-state index in [-0.39, 0.29) is 30.4 Å². The lowest BCUT2D eigenvalue weighted by atomic mass is 10.1. The van der Waals surface area contributed by atoms with E-state index < -0.39 is 18.4 Å². The molecule has 1 amide bonds. The van der Waals surface area contributed by atoms with Crippen LogP contribution in [0.25, 0.3) is 0 Å². The van der Waals surface area contributed by atoms with Gasteiger partial charge in [0.1, 0.15) is 23.9 Å². The predicted molar refractivity (Wildman–Crippen MR) is 105 cm³/mol. The Balaban J connectivity index is 1.31. The van der Waals surface area contributed by atoms with Crippen LogP contribution in [0.5, 0.6) is 11.5 Å². The van der Waals surface area contributed by atoms with Crippen LogP contribution in [-0.4, -0.2) is 30.9 Å². The average Bonchev–Trinajstić information content (AvgIpc) is 3.25. The first-order chi connectivity index (χ1) is 14.6. The topological polar surface area (TPSA) is 104 Å². The molecule has 0 radical (unpaired) electrons. The number of carbonyl (C=O) groups is 3. The monoisotopic (exact) mass is 407 g/mol. The summed E-state index contributed by atoms with van der Waals surface area (Å²) in [6.45, 7) is -0.387. The third-order valence-electron chi connectivity index (χ3n) is 4.26. The third kappa shape index (κ3) is 4.49. The van der Waals surface area contributed by atoms with E-state index in [1.54, 1.807) is 18.2 Å². The lowest BCUT2D eigenvalue weighted by Crippen LogP contribution is -2.25. The molecule has 1 N–H and O–H groups in total. The van der Waals surface area contributed by atoms with Gasteiger partial charge in [0.25, 0.3) is 5.91 Å². The SMILES string of the molecule is O=C1COc2ccc(C(=O)COC(=O)c3ccc(COc4ccccc4)o3)cc2N1. The van der Waals surface area contributed by atoms with Gasteiger partial charge in [-0.1, -0.05) is 18.2 Å². The molecule has 2 aromatic carbocycles. The van der Waals surface area contributed by atoms with Gasteiger partial charge >= 0.3 is 5.97 Å². The number of para-hydroxylation sites is 1. The first kappa shape index (κ1) is 19.3. The van der Waals surface area contributed by atoms with Gasteiger partial charge in [-0.2, -0.15) is 0 Å². The number of benzene rings is 2. The minimum Gasteiger partial charge on any atom is -0.486 e. The maximum Gasteiger partial charge on any atom is 0.374 e. The minimum absolute atomic E-state index is 0.0273. The number of fused-ring (bicyclic) bond motifs is 1. The maximum absolute atomic E-state index is 12.3. The second-order valence-corrected chi connectivity index (χ2v) is 6.41. The summed E-state index contributed by atoms with van der Waals surface area (Å²) < 4.78 is 21.3. The van der Waals surface area contributed by atoms with Crippen LogP contribution in [0.2, 0.25) is 0 Å². The van der Waals surface area contributed by atoms with E-state index in [4.69, 9.17) is 18.6 Å². The zero-order chi connectivity index (χ0) is 20.9. The zero-order valence-electron chi connectivity index (χ0n) is 15.8. The molecule has 8 nitrogen and oxygen atoms in total. The molecule has 0 unspecified atom stereocenters. The first-order valence-electron chi connectivity index (χ1n) is 9.12. The largest absolute Gasteiger partial charge is 0.486 e. The summed E-state index contributed by atoms with van der Waals surface area (Å²) in [5.74, 6) is 0.0832. The van der Waals surface area contributed by atoms with Crippen LogP contribution in [0.15, 0.2) is 65.1 Å². The van der Waals surface area contributed by atoms with Gasteiger partial charge in [-0.15, -0.1) is 0 Å². The fourth-order valence-corrected chi connectivity index (χ4v) is 2.78. The summed E-state index contributed by atoms with van der Waals surface area (Å²) in [7, 11) is 0. The molecule has 0 spiro atoms. The van der Waals surface area contributed by atoms with Crippen molar-refractivity contribution in [1.29, 1.82) is 0 Å². The van der Waals surface area contributed by atoms with Crippen molar-refractivity contribution in [1.82, 2.24) is 0 Å². The van der Waals surface area contributed by atoms with Gasteiger partial charge in [0.05, 0.1) is 5.69 Å². The fraction of sp³-hybridized carbons (Fsp3) is 0.136. The molecule has 1 aliphatic rings. The van der Waals surface area contributed by atoms with Crippen molar-refractivity contribution >= 4 is 23.3 Å². The highest BCUT2D eigenvalue weighted by molar-refractivity contribution is 6.02. The van der Waals surface area contributed by atoms with Gasteiger partial charge in [-0.25, -0.2) is 4.79 Å². The van der Waals surface area contributed by atoms with E-state index in [9.17, 15) is 14.4 Å². The molecule has 0 aliphatic carbocycles. The summed E-state index contributed by atoms with van der Waals surface area (Å²) >= 11 is 0. The van der Waals surface area contributed by atoms with Crippen molar-refractivity contribution in [2.24, 2.45) is 0 Å². The Morgan fingerprint density at radius 1 is 1.03 bits per heavy atom. The summed E-state index contributed by atoms with van der Waals surface area (Å²) in [6, 6.07) is 16.9. The molecule has 30 heavy (non-hydrogen) atoms. The number of amides is 1. The van der Waals surface area contributed by atoms with E-state index >= 15 is 0 Å². The van der Waals surface area contributed by atoms with Gasteiger partial charge < -0.3 is 23.9 Å². The summed E-state index contributed by atoms with van der Waals surface area (Å²) in [5, 5.41) is 2.62. The number of furan rings is 1. The van der Waals surface area contributed by atoms with Gasteiger partial charge in [0.15, 0.2) is 19.0 Å². The van der Waals surface area contributed by atoms with Crippen LogP contribution in [0, 0.1) is 0 Å². The number of ketones is 1. The van der Waals surface area contributed by atoms with Gasteiger partial charge in [-0.05, 0) is 42.5 Å². The van der Waals surface area contributed by atoms with Crippen LogP contribution in [-0.2, 0) is 16.1 Å². The number of nitrogens with one attached hydrogen (secondary N) is 1. The van der Waals surface area contributed by atoms with Crippen LogP contribution in [0.3, 0.4) is 0 Å². The normalized spacial score (nSPS) is 12.3. The number of hydrogen-bond donors (Lipinski definition) is 1.